The Morgan fingerprint density at radius 3 is 2.72 bits per heavy atom. The van der Waals surface area contributed by atoms with Crippen molar-refractivity contribution in [1.29, 1.82) is 0 Å². The van der Waals surface area contributed by atoms with Crippen LogP contribution >= 0.6 is 35.6 Å². The van der Waals surface area contributed by atoms with Gasteiger partial charge in [-0.3, -0.25) is 14.5 Å². The Balaban J connectivity index is 1.68. The Hall–Kier alpha value is -2.55. The number of anilines is 1. The largest absolute Gasteiger partial charge is 0.506 e. The van der Waals surface area contributed by atoms with Gasteiger partial charge in [0.1, 0.15) is 22.4 Å². The van der Waals surface area contributed by atoms with Crippen LogP contribution in [0.1, 0.15) is 12.5 Å². The Morgan fingerprint density at radius 1 is 1.31 bits per heavy atom. The van der Waals surface area contributed by atoms with Crippen molar-refractivity contribution >= 4 is 63.5 Å². The Kier molecular flexibility index (Phi) is 6.79. The van der Waals surface area contributed by atoms with Crippen molar-refractivity contribution in [3.63, 3.8) is 0 Å². The molecule has 9 heteroatoms. The molecule has 0 unspecified atom stereocenters. The number of thiocarbonyl (C=S) groups is 1. The number of phenols is 1. The zero-order chi connectivity index (χ0) is 21.0. The van der Waals surface area contributed by atoms with E-state index < -0.39 is 5.91 Å². The summed E-state index contributed by atoms with van der Waals surface area (Å²) in [4.78, 5) is 26.6. The van der Waals surface area contributed by atoms with Crippen LogP contribution in [0, 0.1) is 0 Å². The molecule has 2 amide bonds. The molecular weight excluding hydrogens is 432 g/mol. The summed E-state index contributed by atoms with van der Waals surface area (Å²) in [5, 5.41) is 12.7. The summed E-state index contributed by atoms with van der Waals surface area (Å²) in [6, 6.07) is 11.6. The minimum Gasteiger partial charge on any atom is -0.506 e. The molecule has 150 valence electrons. The van der Waals surface area contributed by atoms with Crippen LogP contribution in [0.3, 0.4) is 0 Å². The highest BCUT2D eigenvalue weighted by atomic mass is 35.5. The zero-order valence-electron chi connectivity index (χ0n) is 15.3. The summed E-state index contributed by atoms with van der Waals surface area (Å²) in [6.07, 6.45) is 1.72. The molecule has 0 aliphatic carbocycles. The Labute approximate surface area is 182 Å². The summed E-state index contributed by atoms with van der Waals surface area (Å²) >= 11 is 12.3. The predicted octanol–water partition coefficient (Wildman–Crippen LogP) is 4.28. The average molecular weight is 449 g/mol. The second-order valence-corrected chi connectivity index (χ2v) is 8.09. The fourth-order valence-corrected chi connectivity index (χ4v) is 3.98. The zero-order valence-corrected chi connectivity index (χ0v) is 17.7. The maximum atomic E-state index is 12.7. The summed E-state index contributed by atoms with van der Waals surface area (Å²) < 4.78 is 5.69. The number of nitrogens with one attached hydrogen (secondary N) is 1. The van der Waals surface area contributed by atoms with Gasteiger partial charge in [0.15, 0.2) is 0 Å². The summed E-state index contributed by atoms with van der Waals surface area (Å²) in [5.74, 6) is -0.220. The molecule has 0 radical (unpaired) electrons. The van der Waals surface area contributed by atoms with E-state index in [0.717, 1.165) is 23.1 Å². The number of phenolic OH excluding ortho intramolecular Hbond substituents is 1. The monoisotopic (exact) mass is 448 g/mol. The number of hydrogen-bond acceptors (Lipinski definition) is 6. The third-order valence-electron chi connectivity index (χ3n) is 3.90. The smallest absolute Gasteiger partial charge is 0.266 e. The van der Waals surface area contributed by atoms with Crippen LogP contribution < -0.4 is 10.1 Å². The first kappa shape index (κ1) is 21.2. The van der Waals surface area contributed by atoms with E-state index in [2.05, 4.69) is 5.32 Å². The predicted molar refractivity (Wildman–Crippen MR) is 119 cm³/mol. The van der Waals surface area contributed by atoms with Gasteiger partial charge in [0.05, 0.1) is 17.2 Å². The number of thioether (sulfide) groups is 1. The van der Waals surface area contributed by atoms with Crippen LogP contribution in [0.15, 0.2) is 47.4 Å². The lowest BCUT2D eigenvalue weighted by atomic mass is 10.2. The second-order valence-electron chi connectivity index (χ2n) is 5.98. The van der Waals surface area contributed by atoms with Crippen LogP contribution in [0.4, 0.5) is 5.69 Å². The van der Waals surface area contributed by atoms with E-state index in [1.54, 1.807) is 6.08 Å². The second kappa shape index (κ2) is 9.30. The number of benzene rings is 2. The minimum atomic E-state index is -0.499. The van der Waals surface area contributed by atoms with E-state index in [9.17, 15) is 14.7 Å². The molecule has 2 N–H and O–H groups in total. The van der Waals surface area contributed by atoms with Gasteiger partial charge in [-0.15, -0.1) is 0 Å². The van der Waals surface area contributed by atoms with Crippen molar-refractivity contribution in [2.45, 2.75) is 6.92 Å². The van der Waals surface area contributed by atoms with Crippen molar-refractivity contribution in [1.82, 2.24) is 4.90 Å². The van der Waals surface area contributed by atoms with E-state index in [1.807, 2.05) is 31.2 Å². The normalized spacial score (nSPS) is 15.1. The first-order chi connectivity index (χ1) is 13.9. The molecule has 0 atom stereocenters. The highest BCUT2D eigenvalue weighted by Gasteiger charge is 2.33. The number of rotatable bonds is 6. The molecule has 2 aromatic carbocycles. The molecule has 0 spiro atoms. The lowest BCUT2D eigenvalue weighted by Gasteiger charge is -2.14. The van der Waals surface area contributed by atoms with Gasteiger partial charge in [-0.05, 0) is 48.9 Å². The van der Waals surface area contributed by atoms with Gasteiger partial charge >= 0.3 is 0 Å². The van der Waals surface area contributed by atoms with Crippen molar-refractivity contribution in [2.24, 2.45) is 0 Å². The molecule has 29 heavy (non-hydrogen) atoms. The number of ether oxygens (including phenoxy) is 1. The first-order valence-corrected chi connectivity index (χ1v) is 10.2. The van der Waals surface area contributed by atoms with E-state index in [0.29, 0.717) is 16.5 Å². The van der Waals surface area contributed by atoms with E-state index >= 15 is 0 Å². The molecule has 6 nitrogen and oxygen atoms in total. The molecule has 1 aliphatic heterocycles. The summed E-state index contributed by atoms with van der Waals surface area (Å²) in [7, 11) is 0. The highest BCUT2D eigenvalue weighted by molar-refractivity contribution is 8.26. The van der Waals surface area contributed by atoms with Crippen molar-refractivity contribution < 1.29 is 19.4 Å². The maximum Gasteiger partial charge on any atom is 0.266 e. The molecule has 1 heterocycles. The van der Waals surface area contributed by atoms with E-state index in [4.69, 9.17) is 28.6 Å². The van der Waals surface area contributed by atoms with Crippen LogP contribution in [0.2, 0.25) is 5.02 Å². The molecule has 1 fully saturated rings. The lowest BCUT2D eigenvalue weighted by molar-refractivity contribution is -0.126. The average Bonchev–Trinajstić information content (AvgIpc) is 2.94. The third-order valence-corrected chi connectivity index (χ3v) is 5.51. The van der Waals surface area contributed by atoms with Gasteiger partial charge in [0.2, 0.25) is 5.91 Å². The molecular formula is C20H17ClN2O4S2. The molecule has 1 aliphatic rings. The number of hydrogen-bond donors (Lipinski definition) is 2. The summed E-state index contributed by atoms with van der Waals surface area (Å²) in [6.45, 7) is 2.22. The van der Waals surface area contributed by atoms with Crippen molar-refractivity contribution in [3.05, 3.63) is 58.0 Å². The SMILES string of the molecule is CCOc1ccc(/C=C2\SC(=S)N(CC(=O)Nc3cc(Cl)ccc3O)C2=O)cc1. The van der Waals surface area contributed by atoms with Gasteiger partial charge in [-0.25, -0.2) is 0 Å². The van der Waals surface area contributed by atoms with E-state index in [-0.39, 0.29) is 28.2 Å². The van der Waals surface area contributed by atoms with Crippen LogP contribution in [-0.2, 0) is 9.59 Å². The topological polar surface area (TPSA) is 78.9 Å². The van der Waals surface area contributed by atoms with Gasteiger partial charge < -0.3 is 15.2 Å². The first-order valence-electron chi connectivity index (χ1n) is 8.64. The third kappa shape index (κ3) is 5.29. The van der Waals surface area contributed by atoms with Crippen molar-refractivity contribution in [3.8, 4) is 11.5 Å². The summed E-state index contributed by atoms with van der Waals surface area (Å²) in [5.41, 5.74) is 0.986. The number of halogens is 1. The maximum absolute atomic E-state index is 12.7. The number of amides is 2. The number of carbonyl (C=O) groups is 2. The number of aromatic hydroxyl groups is 1. The molecule has 0 saturated carbocycles. The number of carbonyl (C=O) groups excluding carboxylic acids is 2. The molecule has 1 saturated heterocycles. The van der Waals surface area contributed by atoms with Crippen LogP contribution in [0.5, 0.6) is 11.5 Å². The van der Waals surface area contributed by atoms with Gasteiger partial charge in [0.25, 0.3) is 5.91 Å². The van der Waals surface area contributed by atoms with Crippen LogP contribution in [0.25, 0.3) is 6.08 Å². The van der Waals surface area contributed by atoms with Crippen LogP contribution in [-0.4, -0.2) is 39.3 Å². The molecule has 0 bridgehead atoms. The van der Waals surface area contributed by atoms with Crippen molar-refractivity contribution in [2.75, 3.05) is 18.5 Å². The fraction of sp³-hybridized carbons (Fsp3) is 0.150. The van der Waals surface area contributed by atoms with Gasteiger partial charge in [0, 0.05) is 5.02 Å². The highest BCUT2D eigenvalue weighted by Crippen LogP contribution is 2.33. The van der Waals surface area contributed by atoms with Gasteiger partial charge in [-0.1, -0.05) is 47.7 Å². The minimum absolute atomic E-state index is 0.122. The van der Waals surface area contributed by atoms with Gasteiger partial charge in [-0.2, -0.15) is 0 Å². The fourth-order valence-electron chi connectivity index (χ4n) is 2.56. The Bertz CT molecular complexity index is 992. The molecule has 3 rings (SSSR count). The number of nitrogens with zero attached hydrogens (tertiary/aromatic N) is 1. The van der Waals surface area contributed by atoms with E-state index in [1.165, 1.54) is 23.1 Å². The Morgan fingerprint density at radius 2 is 2.03 bits per heavy atom. The quantitative estimate of drug-likeness (QED) is 0.390. The molecule has 2 aromatic rings. The standard InChI is InChI=1S/C20H17ClN2O4S2/c1-2-27-14-6-3-12(4-7-14)9-17-19(26)23(20(28)29-17)11-18(25)22-15-10-13(21)5-8-16(15)24/h3-10,24H,2,11H2,1H3,(H,22,25)/b17-9-. The molecule has 0 aromatic heterocycles. The lowest BCUT2D eigenvalue weighted by Crippen LogP contribution is -2.36.